The number of anilines is 1. The van der Waals surface area contributed by atoms with Gasteiger partial charge in [0.25, 0.3) is 0 Å². The summed E-state index contributed by atoms with van der Waals surface area (Å²) in [7, 11) is -3.57. The highest BCUT2D eigenvalue weighted by Crippen LogP contribution is 2.26. The molecule has 0 radical (unpaired) electrons. The van der Waals surface area contributed by atoms with E-state index in [1.807, 2.05) is 45.9 Å². The number of hydrogen-bond donors (Lipinski definition) is 0. The summed E-state index contributed by atoms with van der Waals surface area (Å²) in [5.41, 5.74) is 2.35. The zero-order valence-corrected chi connectivity index (χ0v) is 15.1. The van der Waals surface area contributed by atoms with Crippen LogP contribution in [0.1, 0.15) is 31.9 Å². The summed E-state index contributed by atoms with van der Waals surface area (Å²) in [6.45, 7) is 10.3. The van der Waals surface area contributed by atoms with Crippen LogP contribution >= 0.6 is 0 Å². The Bertz CT molecular complexity index is 637. The summed E-state index contributed by atoms with van der Waals surface area (Å²) >= 11 is 0. The fraction of sp³-hybridized carbons (Fsp3) is 0.562. The normalized spacial score (nSPS) is 12.8. The SMILES string of the molecule is CCN(CC)C(=O)[C@@H](C)N(c1cc(C)ccc1C)S(C)(=O)=O. The predicted molar refractivity (Wildman–Crippen MR) is 90.6 cm³/mol. The number of carbonyl (C=O) groups is 1. The van der Waals surface area contributed by atoms with Crippen LogP contribution in [0.4, 0.5) is 5.69 Å². The molecule has 0 saturated heterocycles. The summed E-state index contributed by atoms with van der Waals surface area (Å²) in [5.74, 6) is -0.184. The molecule has 0 fully saturated rings. The van der Waals surface area contributed by atoms with E-state index < -0.39 is 16.1 Å². The van der Waals surface area contributed by atoms with Gasteiger partial charge in [0.15, 0.2) is 0 Å². The maximum absolute atomic E-state index is 12.6. The average Bonchev–Trinajstić information content (AvgIpc) is 2.42. The van der Waals surface area contributed by atoms with Gasteiger partial charge in [-0.2, -0.15) is 0 Å². The van der Waals surface area contributed by atoms with Gasteiger partial charge in [-0.1, -0.05) is 12.1 Å². The molecule has 0 aliphatic carbocycles. The van der Waals surface area contributed by atoms with Crippen molar-refractivity contribution in [3.8, 4) is 0 Å². The monoisotopic (exact) mass is 326 g/mol. The quantitative estimate of drug-likeness (QED) is 0.806. The van der Waals surface area contributed by atoms with Crippen molar-refractivity contribution in [1.82, 2.24) is 4.90 Å². The Hall–Kier alpha value is -1.56. The third-order valence-corrected chi connectivity index (χ3v) is 4.97. The zero-order valence-electron chi connectivity index (χ0n) is 14.3. The zero-order chi connectivity index (χ0) is 17.1. The van der Waals surface area contributed by atoms with Crippen LogP contribution < -0.4 is 4.31 Å². The van der Waals surface area contributed by atoms with Gasteiger partial charge in [0.05, 0.1) is 11.9 Å². The molecule has 0 spiro atoms. The third kappa shape index (κ3) is 4.00. The van der Waals surface area contributed by atoms with Crippen LogP contribution in [-0.2, 0) is 14.8 Å². The molecule has 6 heteroatoms. The maximum Gasteiger partial charge on any atom is 0.246 e. The first-order valence-corrected chi connectivity index (χ1v) is 9.33. The number of rotatable bonds is 6. The fourth-order valence-electron chi connectivity index (χ4n) is 2.53. The Morgan fingerprint density at radius 3 is 2.18 bits per heavy atom. The molecule has 0 unspecified atom stereocenters. The van der Waals surface area contributed by atoms with Crippen LogP contribution in [0.3, 0.4) is 0 Å². The summed E-state index contributed by atoms with van der Waals surface area (Å²) in [6.07, 6.45) is 1.14. The van der Waals surface area contributed by atoms with Crippen molar-refractivity contribution in [2.45, 2.75) is 40.7 Å². The minimum absolute atomic E-state index is 0.184. The number of carbonyl (C=O) groups excluding carboxylic acids is 1. The van der Waals surface area contributed by atoms with Gasteiger partial charge >= 0.3 is 0 Å². The second-order valence-electron chi connectivity index (χ2n) is 5.54. The molecule has 0 aliphatic heterocycles. The number of nitrogens with zero attached hydrogens (tertiary/aromatic N) is 2. The lowest BCUT2D eigenvalue weighted by Gasteiger charge is -2.32. The second kappa shape index (κ2) is 7.13. The van der Waals surface area contributed by atoms with E-state index >= 15 is 0 Å². The smallest absolute Gasteiger partial charge is 0.246 e. The molecule has 0 aliphatic rings. The minimum Gasteiger partial charge on any atom is -0.341 e. The molecule has 0 aromatic heterocycles. The summed E-state index contributed by atoms with van der Waals surface area (Å²) < 4.78 is 25.8. The summed E-state index contributed by atoms with van der Waals surface area (Å²) in [4.78, 5) is 14.2. The van der Waals surface area contributed by atoms with Crippen molar-refractivity contribution in [1.29, 1.82) is 0 Å². The molecule has 22 heavy (non-hydrogen) atoms. The van der Waals surface area contributed by atoms with Crippen molar-refractivity contribution >= 4 is 21.6 Å². The van der Waals surface area contributed by atoms with E-state index in [4.69, 9.17) is 0 Å². The average molecular weight is 326 g/mol. The maximum atomic E-state index is 12.6. The van der Waals surface area contributed by atoms with Crippen LogP contribution in [0, 0.1) is 13.8 Å². The molecular formula is C16H26N2O3S. The highest BCUT2D eigenvalue weighted by atomic mass is 32.2. The number of benzene rings is 1. The lowest BCUT2D eigenvalue weighted by Crippen LogP contribution is -2.49. The van der Waals surface area contributed by atoms with Gasteiger partial charge < -0.3 is 4.90 Å². The van der Waals surface area contributed by atoms with E-state index in [-0.39, 0.29) is 5.91 Å². The topological polar surface area (TPSA) is 57.7 Å². The molecule has 1 aromatic carbocycles. The molecule has 124 valence electrons. The molecule has 0 heterocycles. The molecule has 0 N–H and O–H groups in total. The molecular weight excluding hydrogens is 300 g/mol. The van der Waals surface area contributed by atoms with Crippen molar-refractivity contribution in [2.24, 2.45) is 0 Å². The number of sulfonamides is 1. The molecule has 0 bridgehead atoms. The van der Waals surface area contributed by atoms with Crippen LogP contribution in [-0.4, -0.2) is 44.6 Å². The fourth-order valence-corrected chi connectivity index (χ4v) is 3.75. The highest BCUT2D eigenvalue weighted by molar-refractivity contribution is 7.92. The van der Waals surface area contributed by atoms with Gasteiger partial charge in [-0.15, -0.1) is 0 Å². The van der Waals surface area contributed by atoms with Crippen molar-refractivity contribution < 1.29 is 13.2 Å². The van der Waals surface area contributed by atoms with E-state index in [9.17, 15) is 13.2 Å². The molecule has 1 rings (SSSR count). The van der Waals surface area contributed by atoms with Gasteiger partial charge in [-0.05, 0) is 51.8 Å². The summed E-state index contributed by atoms with van der Waals surface area (Å²) in [6, 6.07) is 4.84. The second-order valence-corrected chi connectivity index (χ2v) is 7.39. The Morgan fingerprint density at radius 1 is 1.18 bits per heavy atom. The Labute approximate surface area is 134 Å². The lowest BCUT2D eigenvalue weighted by molar-refractivity contribution is -0.131. The Morgan fingerprint density at radius 2 is 1.73 bits per heavy atom. The molecule has 0 saturated carbocycles. The minimum atomic E-state index is -3.57. The van der Waals surface area contributed by atoms with E-state index in [0.29, 0.717) is 18.8 Å². The lowest BCUT2D eigenvalue weighted by atomic mass is 10.1. The highest BCUT2D eigenvalue weighted by Gasteiger charge is 2.32. The van der Waals surface area contributed by atoms with Crippen molar-refractivity contribution in [3.05, 3.63) is 29.3 Å². The van der Waals surface area contributed by atoms with Crippen LogP contribution in [0.25, 0.3) is 0 Å². The largest absolute Gasteiger partial charge is 0.341 e. The number of likely N-dealkylation sites (N-methyl/N-ethyl adjacent to an activating group) is 1. The van der Waals surface area contributed by atoms with E-state index in [1.165, 1.54) is 4.31 Å². The van der Waals surface area contributed by atoms with E-state index in [0.717, 1.165) is 17.4 Å². The third-order valence-electron chi connectivity index (χ3n) is 3.74. The van der Waals surface area contributed by atoms with E-state index in [2.05, 4.69) is 0 Å². The number of hydrogen-bond acceptors (Lipinski definition) is 3. The van der Waals surface area contributed by atoms with Gasteiger partial charge in [-0.25, -0.2) is 8.42 Å². The molecule has 1 aromatic rings. The van der Waals surface area contributed by atoms with Crippen LogP contribution in [0.5, 0.6) is 0 Å². The molecule has 5 nitrogen and oxygen atoms in total. The van der Waals surface area contributed by atoms with Gasteiger partial charge in [-0.3, -0.25) is 9.10 Å². The van der Waals surface area contributed by atoms with Crippen molar-refractivity contribution in [2.75, 3.05) is 23.7 Å². The van der Waals surface area contributed by atoms with Crippen molar-refractivity contribution in [3.63, 3.8) is 0 Å². The standard InChI is InChI=1S/C16H26N2O3S/c1-7-17(8-2)16(19)14(5)18(22(6,20)21)15-11-12(3)9-10-13(15)4/h9-11,14H,7-8H2,1-6H3/t14-/m1/s1. The van der Waals surface area contributed by atoms with Gasteiger partial charge in [0.2, 0.25) is 15.9 Å². The summed E-state index contributed by atoms with van der Waals surface area (Å²) in [5, 5.41) is 0. The van der Waals surface area contributed by atoms with Gasteiger partial charge in [0, 0.05) is 13.1 Å². The van der Waals surface area contributed by atoms with E-state index in [1.54, 1.807) is 11.8 Å². The first-order valence-electron chi connectivity index (χ1n) is 7.48. The number of amides is 1. The first kappa shape index (κ1) is 18.5. The number of aryl methyl sites for hydroxylation is 2. The van der Waals surface area contributed by atoms with Crippen LogP contribution in [0.15, 0.2) is 18.2 Å². The first-order chi connectivity index (χ1) is 10.1. The Balaban J connectivity index is 3.37. The van der Waals surface area contributed by atoms with Gasteiger partial charge in [0.1, 0.15) is 6.04 Å². The van der Waals surface area contributed by atoms with Crippen LogP contribution in [0.2, 0.25) is 0 Å². The molecule has 1 atom stereocenters. The Kier molecular flexibility index (Phi) is 6.00. The predicted octanol–water partition coefficient (Wildman–Crippen LogP) is 2.33. The molecule has 1 amide bonds.